The maximum absolute atomic E-state index is 4.99. The SMILES string of the molecule is C=Cc1c(C=C)n2c3ccccc3nc2c2ccc(-n3c4ccccc4c4ccccc43)cc12. The molecule has 0 bridgehead atoms. The van der Waals surface area contributed by atoms with E-state index in [-0.39, 0.29) is 0 Å². The van der Waals surface area contributed by atoms with Gasteiger partial charge in [0.25, 0.3) is 0 Å². The average molecular weight is 436 g/mol. The summed E-state index contributed by atoms with van der Waals surface area (Å²) >= 11 is 0. The van der Waals surface area contributed by atoms with Crippen molar-refractivity contribution in [2.75, 3.05) is 0 Å². The first-order chi connectivity index (χ1) is 16.8. The molecule has 0 radical (unpaired) electrons. The van der Waals surface area contributed by atoms with Gasteiger partial charge >= 0.3 is 0 Å². The molecule has 0 saturated heterocycles. The van der Waals surface area contributed by atoms with E-state index in [0.717, 1.165) is 44.4 Å². The lowest BCUT2D eigenvalue weighted by Crippen LogP contribution is -1.99. The van der Waals surface area contributed by atoms with E-state index < -0.39 is 0 Å². The number of hydrogen-bond acceptors (Lipinski definition) is 1. The molecule has 0 aliphatic carbocycles. The fraction of sp³-hybridized carbons (Fsp3) is 0. The molecule has 34 heavy (non-hydrogen) atoms. The van der Waals surface area contributed by atoms with Gasteiger partial charge in [-0.25, -0.2) is 4.98 Å². The number of rotatable bonds is 3. The van der Waals surface area contributed by atoms with Crippen LogP contribution in [0.3, 0.4) is 0 Å². The van der Waals surface area contributed by atoms with E-state index in [0.29, 0.717) is 0 Å². The van der Waals surface area contributed by atoms with Crippen LogP contribution in [-0.2, 0) is 0 Å². The topological polar surface area (TPSA) is 22.2 Å². The van der Waals surface area contributed by atoms with Crippen LogP contribution in [0.5, 0.6) is 0 Å². The smallest absolute Gasteiger partial charge is 0.146 e. The van der Waals surface area contributed by atoms with E-state index in [4.69, 9.17) is 4.98 Å². The molecule has 0 fully saturated rings. The summed E-state index contributed by atoms with van der Waals surface area (Å²) in [5.74, 6) is 0. The summed E-state index contributed by atoms with van der Waals surface area (Å²) < 4.78 is 4.54. The Morgan fingerprint density at radius 3 is 1.94 bits per heavy atom. The Morgan fingerprint density at radius 2 is 1.26 bits per heavy atom. The van der Waals surface area contributed by atoms with Gasteiger partial charge in [-0.2, -0.15) is 0 Å². The largest absolute Gasteiger partial charge is 0.309 e. The van der Waals surface area contributed by atoms with Gasteiger partial charge in [0, 0.05) is 27.4 Å². The van der Waals surface area contributed by atoms with E-state index in [2.05, 4.69) is 101 Å². The van der Waals surface area contributed by atoms with Gasteiger partial charge in [-0.15, -0.1) is 0 Å². The molecule has 0 atom stereocenters. The van der Waals surface area contributed by atoms with Crippen molar-refractivity contribution in [3.8, 4) is 5.69 Å². The number of fused-ring (bicyclic) bond motifs is 8. The van der Waals surface area contributed by atoms with Crippen molar-refractivity contribution in [2.24, 2.45) is 0 Å². The molecule has 4 aromatic carbocycles. The summed E-state index contributed by atoms with van der Waals surface area (Å²) in [6.45, 7) is 8.30. The van der Waals surface area contributed by atoms with Gasteiger partial charge in [0.15, 0.2) is 0 Å². The van der Waals surface area contributed by atoms with E-state index in [9.17, 15) is 0 Å². The molecule has 7 aromatic rings. The molecule has 0 aliphatic heterocycles. The summed E-state index contributed by atoms with van der Waals surface area (Å²) in [5.41, 5.74) is 8.55. The van der Waals surface area contributed by atoms with Crippen molar-refractivity contribution in [1.29, 1.82) is 0 Å². The highest BCUT2D eigenvalue weighted by atomic mass is 15.0. The number of nitrogens with zero attached hydrogens (tertiary/aromatic N) is 3. The van der Waals surface area contributed by atoms with Crippen LogP contribution in [0.4, 0.5) is 0 Å². The quantitative estimate of drug-likeness (QED) is 0.275. The predicted molar refractivity (Wildman–Crippen MR) is 145 cm³/mol. The number of pyridine rings is 1. The van der Waals surface area contributed by atoms with Crippen molar-refractivity contribution in [3.63, 3.8) is 0 Å². The maximum atomic E-state index is 4.99. The number of imidazole rings is 1. The van der Waals surface area contributed by atoms with E-state index in [1.165, 1.54) is 21.8 Å². The molecule has 0 N–H and O–H groups in total. The summed E-state index contributed by atoms with van der Waals surface area (Å²) in [6.07, 6.45) is 3.84. The van der Waals surface area contributed by atoms with E-state index >= 15 is 0 Å². The molecular weight excluding hydrogens is 414 g/mol. The molecule has 3 heterocycles. The van der Waals surface area contributed by atoms with E-state index in [1.807, 2.05) is 24.3 Å². The van der Waals surface area contributed by atoms with Gasteiger partial charge in [-0.1, -0.05) is 67.8 Å². The van der Waals surface area contributed by atoms with Crippen LogP contribution >= 0.6 is 0 Å². The second kappa shape index (κ2) is 6.93. The van der Waals surface area contributed by atoms with Crippen molar-refractivity contribution in [1.82, 2.24) is 14.0 Å². The van der Waals surface area contributed by atoms with Crippen LogP contribution in [-0.4, -0.2) is 14.0 Å². The highest BCUT2D eigenvalue weighted by molar-refractivity contribution is 6.10. The predicted octanol–water partition coefficient (Wildman–Crippen LogP) is 8.02. The minimum atomic E-state index is 0.936. The summed E-state index contributed by atoms with van der Waals surface area (Å²) in [6, 6.07) is 32.1. The molecule has 160 valence electrons. The minimum absolute atomic E-state index is 0.936. The number of benzene rings is 4. The van der Waals surface area contributed by atoms with Crippen LogP contribution in [0.1, 0.15) is 11.3 Å². The Hall–Kier alpha value is -4.63. The molecule has 0 aliphatic rings. The summed E-state index contributed by atoms with van der Waals surface area (Å²) in [7, 11) is 0. The number of aromatic nitrogens is 3. The molecule has 0 saturated carbocycles. The molecule has 7 rings (SSSR count). The van der Waals surface area contributed by atoms with Gasteiger partial charge in [0.2, 0.25) is 0 Å². The molecule has 3 aromatic heterocycles. The Bertz CT molecular complexity index is 1900. The fourth-order valence-electron chi connectivity index (χ4n) is 5.41. The number of hydrogen-bond donors (Lipinski definition) is 0. The Balaban J connectivity index is 1.65. The lowest BCUT2D eigenvalue weighted by atomic mass is 10.0. The molecular formula is C31H21N3. The van der Waals surface area contributed by atoms with Crippen LogP contribution in [0, 0.1) is 0 Å². The zero-order valence-electron chi connectivity index (χ0n) is 18.6. The lowest BCUT2D eigenvalue weighted by molar-refractivity contribution is 1.18. The second-order valence-corrected chi connectivity index (χ2v) is 8.57. The molecule has 3 heteroatoms. The van der Waals surface area contributed by atoms with Crippen LogP contribution < -0.4 is 0 Å². The first kappa shape index (κ1) is 18.9. The molecule has 3 nitrogen and oxygen atoms in total. The zero-order chi connectivity index (χ0) is 22.8. The van der Waals surface area contributed by atoms with Gasteiger partial charge < -0.3 is 4.57 Å². The molecule has 0 unspecified atom stereocenters. The Morgan fingerprint density at radius 1 is 0.618 bits per heavy atom. The van der Waals surface area contributed by atoms with Gasteiger partial charge in [-0.3, -0.25) is 4.40 Å². The van der Waals surface area contributed by atoms with Crippen LogP contribution in [0.2, 0.25) is 0 Å². The van der Waals surface area contributed by atoms with Crippen molar-refractivity contribution in [3.05, 3.63) is 115 Å². The van der Waals surface area contributed by atoms with Crippen LogP contribution in [0.15, 0.2) is 104 Å². The standard InChI is InChI=1S/C31H21N3/c1-3-21-25-19-20(33-28-14-8-5-11-22(28)23-12-6-9-15-29(23)33)17-18-24(25)31-32-26-13-7-10-16-30(26)34(31)27(21)4-2/h3-19H,1-2H2. The highest BCUT2D eigenvalue weighted by Crippen LogP contribution is 2.36. The molecule has 0 spiro atoms. The fourth-order valence-corrected chi connectivity index (χ4v) is 5.41. The van der Waals surface area contributed by atoms with Crippen molar-refractivity contribution < 1.29 is 0 Å². The first-order valence-corrected chi connectivity index (χ1v) is 11.4. The van der Waals surface area contributed by atoms with Crippen molar-refractivity contribution in [2.45, 2.75) is 0 Å². The third-order valence-corrected chi connectivity index (χ3v) is 6.85. The number of para-hydroxylation sites is 4. The van der Waals surface area contributed by atoms with Crippen LogP contribution in [0.25, 0.3) is 67.1 Å². The Kier molecular flexibility index (Phi) is 3.85. The van der Waals surface area contributed by atoms with Gasteiger partial charge in [0.05, 0.1) is 27.8 Å². The van der Waals surface area contributed by atoms with Gasteiger partial charge in [-0.05, 0) is 53.9 Å². The maximum Gasteiger partial charge on any atom is 0.146 e. The normalized spacial score (nSPS) is 11.8. The third-order valence-electron chi connectivity index (χ3n) is 6.85. The zero-order valence-corrected chi connectivity index (χ0v) is 18.6. The highest BCUT2D eigenvalue weighted by Gasteiger charge is 2.17. The summed E-state index contributed by atoms with van der Waals surface area (Å²) in [4.78, 5) is 4.99. The Labute approximate surface area is 196 Å². The summed E-state index contributed by atoms with van der Waals surface area (Å²) in [5, 5.41) is 4.72. The van der Waals surface area contributed by atoms with Gasteiger partial charge in [0.1, 0.15) is 5.65 Å². The minimum Gasteiger partial charge on any atom is -0.309 e. The monoisotopic (exact) mass is 435 g/mol. The third kappa shape index (κ3) is 2.38. The first-order valence-electron chi connectivity index (χ1n) is 11.4. The average Bonchev–Trinajstić information content (AvgIpc) is 3.44. The second-order valence-electron chi connectivity index (χ2n) is 8.57. The lowest BCUT2D eigenvalue weighted by Gasteiger charge is -2.14. The van der Waals surface area contributed by atoms with Crippen molar-refractivity contribution >= 4 is 61.4 Å². The molecule has 0 amide bonds. The van der Waals surface area contributed by atoms with E-state index in [1.54, 1.807) is 0 Å².